The number of sulfonamides is 1. The van der Waals surface area contributed by atoms with Crippen LogP contribution < -0.4 is 4.72 Å². The molecule has 0 saturated carbocycles. The van der Waals surface area contributed by atoms with E-state index in [-0.39, 0.29) is 17.9 Å². The normalized spacial score (nSPS) is 13.7. The van der Waals surface area contributed by atoms with Gasteiger partial charge in [0.2, 0.25) is 16.1 Å². The van der Waals surface area contributed by atoms with Crippen LogP contribution in [0.3, 0.4) is 0 Å². The Morgan fingerprint density at radius 3 is 2.37 bits per heavy atom. The molecule has 8 nitrogen and oxygen atoms in total. The molecule has 9 heteroatoms. The molecule has 0 bridgehead atoms. The first-order valence-corrected chi connectivity index (χ1v) is 10.8. The summed E-state index contributed by atoms with van der Waals surface area (Å²) in [6.07, 6.45) is 2.26. The number of nitrogens with zero attached hydrogens (tertiary/aromatic N) is 1. The molecule has 0 aliphatic rings. The van der Waals surface area contributed by atoms with E-state index in [9.17, 15) is 23.3 Å². The SMILES string of the molecule is CCOC(=O)/C=C/C[C@@H]([C@H](NS(=O)(=O)c1ccc(C)cc1)c1ccccc1)[N+](=O)[O-]. The monoisotopic (exact) mass is 432 g/mol. The fourth-order valence-corrected chi connectivity index (χ4v) is 4.08. The molecule has 0 radical (unpaired) electrons. The quantitative estimate of drug-likeness (QED) is 0.267. The number of esters is 1. The molecular formula is C21H24N2O6S. The van der Waals surface area contributed by atoms with Crippen molar-refractivity contribution in [3.63, 3.8) is 0 Å². The molecule has 0 saturated heterocycles. The van der Waals surface area contributed by atoms with Crippen molar-refractivity contribution in [2.45, 2.75) is 37.2 Å². The molecule has 0 aliphatic heterocycles. The summed E-state index contributed by atoms with van der Waals surface area (Å²) in [5.74, 6) is -0.615. The Labute approximate surface area is 175 Å². The first kappa shape index (κ1) is 23.2. The molecule has 2 aromatic carbocycles. The van der Waals surface area contributed by atoms with E-state index in [1.54, 1.807) is 49.4 Å². The van der Waals surface area contributed by atoms with Crippen molar-refractivity contribution in [3.05, 3.63) is 88.0 Å². The van der Waals surface area contributed by atoms with Gasteiger partial charge in [-0.25, -0.2) is 13.2 Å². The van der Waals surface area contributed by atoms with Gasteiger partial charge in [0, 0.05) is 17.4 Å². The molecule has 30 heavy (non-hydrogen) atoms. The molecule has 0 spiro atoms. The van der Waals surface area contributed by atoms with Crippen molar-refractivity contribution in [2.75, 3.05) is 6.61 Å². The molecule has 2 rings (SSSR count). The van der Waals surface area contributed by atoms with Crippen LogP contribution in [0.25, 0.3) is 0 Å². The predicted octanol–water partition coefficient (Wildman–Crippen LogP) is 3.17. The number of benzene rings is 2. The minimum absolute atomic E-state index is 0.0122. The lowest BCUT2D eigenvalue weighted by atomic mass is 9.98. The van der Waals surface area contributed by atoms with Crippen LogP contribution in [0.1, 0.15) is 30.5 Å². The minimum atomic E-state index is -4.02. The van der Waals surface area contributed by atoms with E-state index < -0.39 is 33.0 Å². The number of hydrogen-bond acceptors (Lipinski definition) is 6. The number of ether oxygens (including phenoxy) is 1. The number of carbonyl (C=O) groups is 1. The van der Waals surface area contributed by atoms with Gasteiger partial charge in [-0.05, 0) is 31.5 Å². The van der Waals surface area contributed by atoms with Gasteiger partial charge in [-0.1, -0.05) is 54.1 Å². The predicted molar refractivity (Wildman–Crippen MR) is 112 cm³/mol. The highest BCUT2D eigenvalue weighted by Crippen LogP contribution is 2.25. The lowest BCUT2D eigenvalue weighted by molar-refractivity contribution is -0.526. The molecule has 0 amide bonds. The minimum Gasteiger partial charge on any atom is -0.463 e. The summed E-state index contributed by atoms with van der Waals surface area (Å²) in [6.45, 7) is 3.66. The Hall–Kier alpha value is -3.04. The molecule has 0 heterocycles. The van der Waals surface area contributed by atoms with E-state index in [1.807, 2.05) is 6.92 Å². The van der Waals surface area contributed by atoms with E-state index in [0.29, 0.717) is 5.56 Å². The molecule has 1 N–H and O–H groups in total. The van der Waals surface area contributed by atoms with Gasteiger partial charge in [-0.3, -0.25) is 10.1 Å². The van der Waals surface area contributed by atoms with Crippen LogP contribution in [0.5, 0.6) is 0 Å². The second-order valence-corrected chi connectivity index (χ2v) is 8.28. The first-order chi connectivity index (χ1) is 14.2. The van der Waals surface area contributed by atoms with Crippen molar-refractivity contribution in [2.24, 2.45) is 0 Å². The first-order valence-electron chi connectivity index (χ1n) is 9.35. The third kappa shape index (κ3) is 6.50. The van der Waals surface area contributed by atoms with Gasteiger partial charge in [-0.15, -0.1) is 0 Å². The number of hydrogen-bond donors (Lipinski definition) is 1. The Balaban J connectivity index is 2.36. The van der Waals surface area contributed by atoms with E-state index in [0.717, 1.165) is 11.6 Å². The fourth-order valence-electron chi connectivity index (χ4n) is 2.82. The molecule has 0 unspecified atom stereocenters. The average Bonchev–Trinajstić information content (AvgIpc) is 2.71. The van der Waals surface area contributed by atoms with Crippen molar-refractivity contribution in [1.29, 1.82) is 0 Å². The van der Waals surface area contributed by atoms with Gasteiger partial charge in [0.1, 0.15) is 6.04 Å². The molecule has 0 fully saturated rings. The van der Waals surface area contributed by atoms with Gasteiger partial charge in [-0.2, -0.15) is 4.72 Å². The zero-order valence-corrected chi connectivity index (χ0v) is 17.5. The Morgan fingerprint density at radius 2 is 1.80 bits per heavy atom. The Morgan fingerprint density at radius 1 is 1.17 bits per heavy atom. The van der Waals surface area contributed by atoms with Gasteiger partial charge >= 0.3 is 5.97 Å². The molecular weight excluding hydrogens is 408 g/mol. The van der Waals surface area contributed by atoms with Gasteiger partial charge in [0.05, 0.1) is 11.5 Å². The molecule has 0 aromatic heterocycles. The molecule has 2 aromatic rings. The van der Waals surface area contributed by atoms with Gasteiger partial charge < -0.3 is 4.74 Å². The summed E-state index contributed by atoms with van der Waals surface area (Å²) in [6, 6.07) is 12.0. The highest BCUT2D eigenvalue weighted by atomic mass is 32.2. The van der Waals surface area contributed by atoms with Crippen LogP contribution in [0.15, 0.2) is 71.6 Å². The van der Waals surface area contributed by atoms with E-state index in [1.165, 1.54) is 18.2 Å². The number of carbonyl (C=O) groups excluding carboxylic acids is 1. The maximum Gasteiger partial charge on any atom is 0.330 e. The van der Waals surface area contributed by atoms with Crippen LogP contribution in [0.2, 0.25) is 0 Å². The number of aryl methyl sites for hydroxylation is 1. The maximum atomic E-state index is 12.9. The lowest BCUT2D eigenvalue weighted by Gasteiger charge is -2.22. The van der Waals surface area contributed by atoms with Crippen LogP contribution >= 0.6 is 0 Å². The van der Waals surface area contributed by atoms with E-state index in [2.05, 4.69) is 4.72 Å². The standard InChI is InChI=1S/C21H24N2O6S/c1-3-29-20(24)11-7-10-19(23(25)26)21(17-8-5-4-6-9-17)22-30(27,28)18-14-12-16(2)13-15-18/h4-9,11-15,19,21-22H,3,10H2,1-2H3/b11-7+/t19-,21+/m0/s1. The summed E-state index contributed by atoms with van der Waals surface area (Å²) in [7, 11) is -4.02. The largest absolute Gasteiger partial charge is 0.463 e. The second-order valence-electron chi connectivity index (χ2n) is 6.57. The van der Waals surface area contributed by atoms with Crippen molar-refractivity contribution in [3.8, 4) is 0 Å². The summed E-state index contributed by atoms with van der Waals surface area (Å²) in [5.41, 5.74) is 1.33. The van der Waals surface area contributed by atoms with Gasteiger partial charge in [0.25, 0.3) is 0 Å². The fraction of sp³-hybridized carbons (Fsp3) is 0.286. The molecule has 160 valence electrons. The third-order valence-electron chi connectivity index (χ3n) is 4.35. The van der Waals surface area contributed by atoms with Crippen LogP contribution in [0.4, 0.5) is 0 Å². The number of rotatable bonds is 10. The topological polar surface area (TPSA) is 116 Å². The smallest absolute Gasteiger partial charge is 0.330 e. The summed E-state index contributed by atoms with van der Waals surface area (Å²) < 4.78 is 33.0. The zero-order chi connectivity index (χ0) is 22.1. The van der Waals surface area contributed by atoms with E-state index >= 15 is 0 Å². The Bertz CT molecular complexity index is 988. The van der Waals surface area contributed by atoms with Crippen LogP contribution in [-0.4, -0.2) is 32.0 Å². The summed E-state index contributed by atoms with van der Waals surface area (Å²) >= 11 is 0. The summed E-state index contributed by atoms with van der Waals surface area (Å²) in [5, 5.41) is 11.8. The average molecular weight is 432 g/mol. The number of nitrogens with one attached hydrogen (secondary N) is 1. The highest BCUT2D eigenvalue weighted by molar-refractivity contribution is 7.89. The third-order valence-corrected chi connectivity index (χ3v) is 5.80. The number of nitro groups is 1. The maximum absolute atomic E-state index is 12.9. The Kier molecular flexibility index (Phi) is 8.25. The lowest BCUT2D eigenvalue weighted by Crippen LogP contribution is -2.40. The van der Waals surface area contributed by atoms with Gasteiger partial charge in [0.15, 0.2) is 0 Å². The van der Waals surface area contributed by atoms with Crippen LogP contribution in [-0.2, 0) is 19.6 Å². The molecule has 2 atom stereocenters. The van der Waals surface area contributed by atoms with Crippen molar-refractivity contribution >= 4 is 16.0 Å². The van der Waals surface area contributed by atoms with Crippen LogP contribution in [0, 0.1) is 17.0 Å². The summed E-state index contributed by atoms with van der Waals surface area (Å²) in [4.78, 5) is 22.7. The highest BCUT2D eigenvalue weighted by Gasteiger charge is 2.35. The molecule has 0 aliphatic carbocycles. The van der Waals surface area contributed by atoms with Crippen molar-refractivity contribution < 1.29 is 22.9 Å². The van der Waals surface area contributed by atoms with E-state index in [4.69, 9.17) is 4.74 Å². The van der Waals surface area contributed by atoms with Crippen molar-refractivity contribution in [1.82, 2.24) is 4.72 Å². The zero-order valence-electron chi connectivity index (χ0n) is 16.7. The second kappa shape index (κ2) is 10.7.